The topological polar surface area (TPSA) is 63.6 Å². The first-order valence-corrected chi connectivity index (χ1v) is 19.7. The number of hydrogen-bond acceptors (Lipinski definition) is 3. The number of carbonyl (C=O) groups is 2. The van der Waals surface area contributed by atoms with Crippen LogP contribution in [0.15, 0.2) is 0 Å². The number of esters is 1. The molecule has 0 fully saturated rings. The number of carboxylic acid groups (broad SMARTS) is 1. The van der Waals surface area contributed by atoms with Gasteiger partial charge in [0, 0.05) is 4.83 Å². The standard InChI is InChI=1S/C36H68Br2O4/c1-5-9-12-15-16-18-21-26-31(25-20-17-13-10-6-2)34(39)42-33(24-8-4)30-32(37)27-23-29-36(38,35(40)41)28-22-19-14-11-7-3/h31-33H,5-30H2,1-4H3,(H,40,41). The molecule has 0 aromatic heterocycles. The number of aliphatic carboxylic acids is 1. The Labute approximate surface area is 277 Å². The highest BCUT2D eigenvalue weighted by atomic mass is 79.9. The zero-order valence-corrected chi connectivity index (χ0v) is 31.2. The fourth-order valence-corrected chi connectivity index (χ4v) is 7.19. The molecule has 250 valence electrons. The average molecular weight is 725 g/mol. The largest absolute Gasteiger partial charge is 0.480 e. The first kappa shape index (κ1) is 41.9. The van der Waals surface area contributed by atoms with Crippen molar-refractivity contribution in [2.24, 2.45) is 5.92 Å². The molecule has 0 saturated carbocycles. The second-order valence-electron chi connectivity index (χ2n) is 12.8. The van der Waals surface area contributed by atoms with E-state index in [1.54, 1.807) is 0 Å². The van der Waals surface area contributed by atoms with Gasteiger partial charge in [-0.1, -0.05) is 182 Å². The number of unbranched alkanes of at least 4 members (excludes halogenated alkanes) is 14. The molecule has 0 radical (unpaired) electrons. The van der Waals surface area contributed by atoms with E-state index in [-0.39, 0.29) is 22.8 Å². The van der Waals surface area contributed by atoms with Crippen LogP contribution in [0.5, 0.6) is 0 Å². The maximum absolute atomic E-state index is 13.4. The summed E-state index contributed by atoms with van der Waals surface area (Å²) in [5.74, 6) is -0.705. The summed E-state index contributed by atoms with van der Waals surface area (Å²) in [6.07, 6.45) is 28.1. The van der Waals surface area contributed by atoms with Crippen molar-refractivity contribution in [2.75, 3.05) is 0 Å². The van der Waals surface area contributed by atoms with Crippen LogP contribution in [-0.4, -0.2) is 32.3 Å². The Bertz CT molecular complexity index is 644. The summed E-state index contributed by atoms with van der Waals surface area (Å²) in [5.41, 5.74) is 0. The van der Waals surface area contributed by atoms with Gasteiger partial charge < -0.3 is 9.84 Å². The molecular weight excluding hydrogens is 656 g/mol. The molecule has 0 aliphatic carbocycles. The Hall–Kier alpha value is -0.100. The normalized spacial score (nSPS) is 15.2. The number of ether oxygens (including phenoxy) is 1. The van der Waals surface area contributed by atoms with Crippen molar-refractivity contribution in [3.63, 3.8) is 0 Å². The van der Waals surface area contributed by atoms with Crippen molar-refractivity contribution in [1.29, 1.82) is 0 Å². The smallest absolute Gasteiger partial charge is 0.320 e. The average Bonchev–Trinajstić information content (AvgIpc) is 2.95. The van der Waals surface area contributed by atoms with E-state index < -0.39 is 10.3 Å². The lowest BCUT2D eigenvalue weighted by atomic mass is 9.93. The molecule has 0 heterocycles. The summed E-state index contributed by atoms with van der Waals surface area (Å²) in [4.78, 5) is 25.7. The quantitative estimate of drug-likeness (QED) is 0.0439. The Morgan fingerprint density at radius 2 is 1.07 bits per heavy atom. The number of rotatable bonds is 31. The molecule has 0 rings (SSSR count). The van der Waals surface area contributed by atoms with Crippen molar-refractivity contribution in [3.05, 3.63) is 0 Å². The van der Waals surface area contributed by atoms with Gasteiger partial charge in [0.15, 0.2) is 0 Å². The fourth-order valence-electron chi connectivity index (χ4n) is 5.88. The minimum absolute atomic E-state index is 0.0167. The minimum atomic E-state index is -0.832. The van der Waals surface area contributed by atoms with Gasteiger partial charge in [-0.25, -0.2) is 0 Å². The van der Waals surface area contributed by atoms with Gasteiger partial charge in [-0.15, -0.1) is 0 Å². The lowest BCUT2D eigenvalue weighted by molar-refractivity contribution is -0.155. The third-order valence-corrected chi connectivity index (χ3v) is 10.7. The van der Waals surface area contributed by atoms with E-state index in [4.69, 9.17) is 4.74 Å². The highest BCUT2D eigenvalue weighted by Crippen LogP contribution is 2.33. The Balaban J connectivity index is 4.84. The van der Waals surface area contributed by atoms with Crippen molar-refractivity contribution in [1.82, 2.24) is 0 Å². The minimum Gasteiger partial charge on any atom is -0.480 e. The SMILES string of the molecule is CCCCCCCCCC(CCCCCCC)C(=O)OC(CCC)CC(Br)CCCC(Br)(CCCCCCC)C(=O)O. The molecule has 0 amide bonds. The van der Waals surface area contributed by atoms with Gasteiger partial charge in [-0.3, -0.25) is 9.59 Å². The predicted octanol–water partition coefficient (Wildman–Crippen LogP) is 12.7. The zero-order valence-electron chi connectivity index (χ0n) is 28.0. The Morgan fingerprint density at radius 1 is 0.619 bits per heavy atom. The van der Waals surface area contributed by atoms with Crippen LogP contribution >= 0.6 is 31.9 Å². The first-order chi connectivity index (χ1) is 20.2. The summed E-state index contributed by atoms with van der Waals surface area (Å²) in [7, 11) is 0. The maximum atomic E-state index is 13.4. The van der Waals surface area contributed by atoms with Gasteiger partial charge in [0.2, 0.25) is 0 Å². The van der Waals surface area contributed by atoms with Crippen molar-refractivity contribution >= 4 is 43.8 Å². The molecule has 0 aliphatic heterocycles. The van der Waals surface area contributed by atoms with Gasteiger partial charge in [0.05, 0.1) is 5.92 Å². The van der Waals surface area contributed by atoms with Gasteiger partial charge in [0.1, 0.15) is 10.4 Å². The number of hydrogen-bond donors (Lipinski definition) is 1. The number of halogens is 2. The van der Waals surface area contributed by atoms with Gasteiger partial charge in [0.25, 0.3) is 0 Å². The van der Waals surface area contributed by atoms with E-state index in [9.17, 15) is 14.7 Å². The van der Waals surface area contributed by atoms with Crippen LogP contribution in [-0.2, 0) is 14.3 Å². The van der Waals surface area contributed by atoms with Crippen LogP contribution in [0.4, 0.5) is 0 Å². The van der Waals surface area contributed by atoms with Crippen LogP contribution in [0.2, 0.25) is 0 Å². The van der Waals surface area contributed by atoms with E-state index in [0.717, 1.165) is 70.6 Å². The van der Waals surface area contributed by atoms with Gasteiger partial charge >= 0.3 is 11.9 Å². The third kappa shape index (κ3) is 22.4. The molecule has 0 bridgehead atoms. The van der Waals surface area contributed by atoms with Crippen molar-refractivity contribution < 1.29 is 19.4 Å². The molecule has 42 heavy (non-hydrogen) atoms. The van der Waals surface area contributed by atoms with Crippen molar-refractivity contribution in [3.8, 4) is 0 Å². The van der Waals surface area contributed by atoms with E-state index in [0.29, 0.717) is 12.8 Å². The van der Waals surface area contributed by atoms with Gasteiger partial charge in [-0.05, 0) is 44.9 Å². The maximum Gasteiger partial charge on any atom is 0.320 e. The summed E-state index contributed by atoms with van der Waals surface area (Å²) >= 11 is 7.44. The molecule has 4 unspecified atom stereocenters. The highest BCUT2D eigenvalue weighted by Gasteiger charge is 2.34. The molecular formula is C36H68Br2O4. The summed E-state index contributed by atoms with van der Waals surface area (Å²) < 4.78 is 5.38. The predicted molar refractivity (Wildman–Crippen MR) is 188 cm³/mol. The van der Waals surface area contributed by atoms with Crippen molar-refractivity contribution in [2.45, 2.75) is 210 Å². The van der Waals surface area contributed by atoms with E-state index in [1.165, 1.54) is 83.5 Å². The third-order valence-electron chi connectivity index (χ3n) is 8.71. The summed E-state index contributed by atoms with van der Waals surface area (Å²) in [6.45, 7) is 8.84. The number of carboxylic acids is 1. The molecule has 0 aromatic carbocycles. The lowest BCUT2D eigenvalue weighted by Gasteiger charge is -2.25. The molecule has 0 aromatic rings. The molecule has 4 nitrogen and oxygen atoms in total. The molecule has 0 aliphatic rings. The molecule has 6 heteroatoms. The van der Waals surface area contributed by atoms with Crippen LogP contribution in [0, 0.1) is 5.92 Å². The van der Waals surface area contributed by atoms with Crippen LogP contribution < -0.4 is 0 Å². The summed E-state index contributed by atoms with van der Waals surface area (Å²) in [5, 5.41) is 9.88. The molecule has 4 atom stereocenters. The van der Waals surface area contributed by atoms with E-state index in [2.05, 4.69) is 59.6 Å². The van der Waals surface area contributed by atoms with Crippen LogP contribution in [0.1, 0.15) is 195 Å². The second-order valence-corrected chi connectivity index (χ2v) is 15.6. The lowest BCUT2D eigenvalue weighted by Crippen LogP contribution is -2.32. The fraction of sp³-hybridized carbons (Fsp3) is 0.944. The number of alkyl halides is 2. The number of carbonyl (C=O) groups excluding carboxylic acids is 1. The second kappa shape index (κ2) is 28.4. The van der Waals surface area contributed by atoms with Crippen LogP contribution in [0.3, 0.4) is 0 Å². The zero-order chi connectivity index (χ0) is 31.5. The molecule has 1 N–H and O–H groups in total. The first-order valence-electron chi connectivity index (χ1n) is 18.0. The van der Waals surface area contributed by atoms with Crippen LogP contribution in [0.25, 0.3) is 0 Å². The van der Waals surface area contributed by atoms with Gasteiger partial charge in [-0.2, -0.15) is 0 Å². The Kier molecular flexibility index (Phi) is 28.3. The molecule has 0 spiro atoms. The monoisotopic (exact) mass is 722 g/mol. The highest BCUT2D eigenvalue weighted by molar-refractivity contribution is 9.10. The summed E-state index contributed by atoms with van der Waals surface area (Å²) in [6, 6.07) is 0. The van der Waals surface area contributed by atoms with E-state index >= 15 is 0 Å². The van der Waals surface area contributed by atoms with E-state index in [1.807, 2.05) is 0 Å². The molecule has 0 saturated heterocycles. The Morgan fingerprint density at radius 3 is 1.55 bits per heavy atom.